The number of likely N-dealkylation sites (N-methyl/N-ethyl adjacent to an activating group) is 2. The molecule has 4 heteroatoms. The van der Waals surface area contributed by atoms with Crippen molar-refractivity contribution in [2.75, 3.05) is 47.4 Å². The number of likely N-dealkylation sites (tertiary alicyclic amines) is 1. The minimum absolute atomic E-state index is 0.203. The van der Waals surface area contributed by atoms with Crippen molar-refractivity contribution in [2.24, 2.45) is 0 Å². The van der Waals surface area contributed by atoms with Gasteiger partial charge in [-0.1, -0.05) is 0 Å². The zero-order valence-corrected chi connectivity index (χ0v) is 10.2. The lowest BCUT2D eigenvalue weighted by Crippen LogP contribution is -2.47. The summed E-state index contributed by atoms with van der Waals surface area (Å²) in [5, 5.41) is 12.2. The van der Waals surface area contributed by atoms with Crippen molar-refractivity contribution in [2.45, 2.75) is 24.9 Å². The summed E-state index contributed by atoms with van der Waals surface area (Å²) in [7, 11) is 6.25. The van der Waals surface area contributed by atoms with Crippen LogP contribution in [0.25, 0.3) is 0 Å². The van der Waals surface area contributed by atoms with Gasteiger partial charge < -0.3 is 20.2 Å². The van der Waals surface area contributed by atoms with Crippen molar-refractivity contribution in [1.82, 2.24) is 15.1 Å². The number of rotatable bonds is 5. The predicted octanol–water partition coefficient (Wildman–Crippen LogP) is -0.407. The smallest absolute Gasteiger partial charge is 0.0597 e. The molecule has 2 N–H and O–H groups in total. The molecule has 0 radical (unpaired) electrons. The summed E-state index contributed by atoms with van der Waals surface area (Å²) < 4.78 is 0. The Morgan fingerprint density at radius 1 is 1.47 bits per heavy atom. The zero-order valence-electron chi connectivity index (χ0n) is 10.2. The Morgan fingerprint density at radius 2 is 2.07 bits per heavy atom. The molecule has 1 aliphatic heterocycles. The first-order valence-corrected chi connectivity index (χ1v) is 5.84. The van der Waals surface area contributed by atoms with Crippen molar-refractivity contribution in [3.8, 4) is 0 Å². The second-order valence-electron chi connectivity index (χ2n) is 4.64. The van der Waals surface area contributed by atoms with Gasteiger partial charge in [0.25, 0.3) is 0 Å². The summed E-state index contributed by atoms with van der Waals surface area (Å²) >= 11 is 0. The average Bonchev–Trinajstić information content (AvgIpc) is 2.26. The third kappa shape index (κ3) is 4.07. The van der Waals surface area contributed by atoms with E-state index in [1.165, 1.54) is 25.9 Å². The summed E-state index contributed by atoms with van der Waals surface area (Å²) in [5.74, 6) is 0. The van der Waals surface area contributed by atoms with E-state index in [9.17, 15) is 0 Å². The van der Waals surface area contributed by atoms with Crippen LogP contribution in [0.5, 0.6) is 0 Å². The summed E-state index contributed by atoms with van der Waals surface area (Å²) in [6.07, 6.45) is 2.49. The molecule has 1 fully saturated rings. The lowest BCUT2D eigenvalue weighted by atomic mass is 10.0. The fourth-order valence-corrected chi connectivity index (χ4v) is 2.17. The second-order valence-corrected chi connectivity index (χ2v) is 4.64. The number of nitrogens with one attached hydrogen (secondary N) is 1. The van der Waals surface area contributed by atoms with Gasteiger partial charge in [-0.15, -0.1) is 0 Å². The molecule has 1 rings (SSSR count). The van der Waals surface area contributed by atoms with Crippen LogP contribution in [-0.4, -0.2) is 74.4 Å². The predicted molar refractivity (Wildman–Crippen MR) is 63.1 cm³/mol. The SMILES string of the molecule is CNC(CO)CN(C)C1CCN(C)CC1. The lowest BCUT2D eigenvalue weighted by Gasteiger charge is -2.36. The minimum atomic E-state index is 0.203. The van der Waals surface area contributed by atoms with E-state index in [1.807, 2.05) is 7.05 Å². The third-order valence-electron chi connectivity index (χ3n) is 3.45. The lowest BCUT2D eigenvalue weighted by molar-refractivity contribution is 0.121. The van der Waals surface area contributed by atoms with Crippen LogP contribution in [0, 0.1) is 0 Å². The zero-order chi connectivity index (χ0) is 11.3. The Kier molecular flexibility index (Phi) is 5.53. The van der Waals surface area contributed by atoms with E-state index in [2.05, 4.69) is 29.2 Å². The van der Waals surface area contributed by atoms with Crippen molar-refractivity contribution >= 4 is 0 Å². The molecule has 4 nitrogen and oxygen atoms in total. The molecule has 1 aliphatic rings. The summed E-state index contributed by atoms with van der Waals surface area (Å²) in [5.41, 5.74) is 0. The van der Waals surface area contributed by atoms with E-state index in [0.717, 1.165) is 6.54 Å². The molecule has 0 aromatic carbocycles. The Balaban J connectivity index is 2.30. The normalized spacial score (nSPS) is 22.2. The van der Waals surface area contributed by atoms with Crippen LogP contribution in [0.3, 0.4) is 0 Å². The Labute approximate surface area is 93.2 Å². The highest BCUT2D eigenvalue weighted by Gasteiger charge is 2.21. The molecular formula is C11H25N3O. The first kappa shape index (κ1) is 12.9. The maximum atomic E-state index is 9.12. The van der Waals surface area contributed by atoms with E-state index >= 15 is 0 Å². The maximum Gasteiger partial charge on any atom is 0.0597 e. The van der Waals surface area contributed by atoms with E-state index in [1.54, 1.807) is 0 Å². The van der Waals surface area contributed by atoms with Crippen LogP contribution >= 0.6 is 0 Å². The second kappa shape index (κ2) is 6.43. The molecule has 1 heterocycles. The number of aliphatic hydroxyl groups excluding tert-OH is 1. The van der Waals surface area contributed by atoms with Gasteiger partial charge in [0.2, 0.25) is 0 Å². The summed E-state index contributed by atoms with van der Waals surface area (Å²) in [6, 6.07) is 0.887. The van der Waals surface area contributed by atoms with Crippen LogP contribution in [0.1, 0.15) is 12.8 Å². The van der Waals surface area contributed by atoms with Gasteiger partial charge in [0.15, 0.2) is 0 Å². The van der Waals surface area contributed by atoms with Crippen LogP contribution in [0.2, 0.25) is 0 Å². The molecule has 0 spiro atoms. The molecule has 0 aliphatic carbocycles. The largest absolute Gasteiger partial charge is 0.395 e. The summed E-state index contributed by atoms with van der Waals surface area (Å²) in [6.45, 7) is 3.53. The van der Waals surface area contributed by atoms with Gasteiger partial charge in [0.05, 0.1) is 6.61 Å². The quantitative estimate of drug-likeness (QED) is 0.654. The fraction of sp³-hybridized carbons (Fsp3) is 1.00. The summed E-state index contributed by atoms with van der Waals surface area (Å²) in [4.78, 5) is 4.76. The number of hydrogen-bond acceptors (Lipinski definition) is 4. The highest BCUT2D eigenvalue weighted by Crippen LogP contribution is 2.13. The van der Waals surface area contributed by atoms with Crippen LogP contribution in [0.15, 0.2) is 0 Å². The molecule has 0 saturated carbocycles. The molecule has 0 amide bonds. The van der Waals surface area contributed by atoms with E-state index < -0.39 is 0 Å². The highest BCUT2D eigenvalue weighted by molar-refractivity contribution is 4.79. The van der Waals surface area contributed by atoms with Crippen LogP contribution in [0.4, 0.5) is 0 Å². The van der Waals surface area contributed by atoms with Crippen LogP contribution < -0.4 is 5.32 Å². The fourth-order valence-electron chi connectivity index (χ4n) is 2.17. The number of piperidine rings is 1. The number of aliphatic hydroxyl groups is 1. The number of hydrogen-bond donors (Lipinski definition) is 2. The van der Waals surface area contributed by atoms with Gasteiger partial charge in [0, 0.05) is 18.6 Å². The van der Waals surface area contributed by atoms with E-state index in [4.69, 9.17) is 5.11 Å². The Morgan fingerprint density at radius 3 is 2.53 bits per heavy atom. The monoisotopic (exact) mass is 215 g/mol. The van der Waals surface area contributed by atoms with Crippen molar-refractivity contribution in [3.63, 3.8) is 0 Å². The van der Waals surface area contributed by atoms with Gasteiger partial charge in [-0.2, -0.15) is 0 Å². The topological polar surface area (TPSA) is 38.7 Å². The minimum Gasteiger partial charge on any atom is -0.395 e. The van der Waals surface area contributed by atoms with Crippen molar-refractivity contribution in [1.29, 1.82) is 0 Å². The van der Waals surface area contributed by atoms with Gasteiger partial charge in [-0.05, 0) is 47.1 Å². The molecule has 1 unspecified atom stereocenters. The molecule has 0 bridgehead atoms. The molecule has 0 aromatic rings. The van der Waals surface area contributed by atoms with E-state index in [0.29, 0.717) is 6.04 Å². The first-order valence-electron chi connectivity index (χ1n) is 5.84. The molecule has 15 heavy (non-hydrogen) atoms. The Bertz CT molecular complexity index is 165. The molecule has 90 valence electrons. The van der Waals surface area contributed by atoms with Crippen LogP contribution in [-0.2, 0) is 0 Å². The standard InChI is InChI=1S/C11H25N3O/c1-12-10(9-15)8-14(3)11-4-6-13(2)7-5-11/h10-12,15H,4-9H2,1-3H3. The maximum absolute atomic E-state index is 9.12. The van der Waals surface area contributed by atoms with Gasteiger partial charge in [-0.3, -0.25) is 0 Å². The molecular weight excluding hydrogens is 190 g/mol. The van der Waals surface area contributed by atoms with Crippen molar-refractivity contribution in [3.05, 3.63) is 0 Å². The number of nitrogens with zero attached hydrogens (tertiary/aromatic N) is 2. The molecule has 1 atom stereocenters. The third-order valence-corrected chi connectivity index (χ3v) is 3.45. The van der Waals surface area contributed by atoms with Crippen molar-refractivity contribution < 1.29 is 5.11 Å². The average molecular weight is 215 g/mol. The van der Waals surface area contributed by atoms with E-state index in [-0.39, 0.29) is 12.6 Å². The molecule has 0 aromatic heterocycles. The van der Waals surface area contributed by atoms with Gasteiger partial charge in [-0.25, -0.2) is 0 Å². The Hall–Kier alpha value is -0.160. The molecule has 1 saturated heterocycles. The van der Waals surface area contributed by atoms with Gasteiger partial charge >= 0.3 is 0 Å². The highest BCUT2D eigenvalue weighted by atomic mass is 16.3. The first-order chi connectivity index (χ1) is 7.17. The van der Waals surface area contributed by atoms with Gasteiger partial charge in [0.1, 0.15) is 0 Å².